The van der Waals surface area contributed by atoms with Crippen molar-refractivity contribution in [1.82, 2.24) is 0 Å². The maximum atomic E-state index is 3.76. The number of rotatable bonds is 4. The third-order valence-corrected chi connectivity index (χ3v) is 4.93. The van der Waals surface area contributed by atoms with Crippen molar-refractivity contribution in [3.63, 3.8) is 0 Å². The van der Waals surface area contributed by atoms with Crippen LogP contribution in [0.2, 0.25) is 0 Å². The Labute approximate surface area is 116 Å². The highest BCUT2D eigenvalue weighted by molar-refractivity contribution is 7.98. The first-order valence-electron chi connectivity index (χ1n) is 7.23. The summed E-state index contributed by atoms with van der Waals surface area (Å²) in [4.78, 5) is 1.37. The second-order valence-corrected chi connectivity index (χ2v) is 6.17. The topological polar surface area (TPSA) is 12.0 Å². The molecule has 100 valence electrons. The fourth-order valence-corrected chi connectivity index (χ4v) is 3.48. The Bertz CT molecular complexity index is 364. The van der Waals surface area contributed by atoms with E-state index < -0.39 is 0 Å². The molecule has 0 bridgehead atoms. The lowest BCUT2D eigenvalue weighted by Gasteiger charge is -2.19. The molecule has 1 nitrogen and oxygen atoms in total. The van der Waals surface area contributed by atoms with Gasteiger partial charge in [0.25, 0.3) is 0 Å². The zero-order valence-corrected chi connectivity index (χ0v) is 12.4. The van der Waals surface area contributed by atoms with Gasteiger partial charge in [0.05, 0.1) is 0 Å². The molecule has 1 aromatic rings. The molecule has 2 unspecified atom stereocenters. The van der Waals surface area contributed by atoms with E-state index in [-0.39, 0.29) is 0 Å². The van der Waals surface area contributed by atoms with Crippen LogP contribution in [-0.4, -0.2) is 12.3 Å². The lowest BCUT2D eigenvalue weighted by molar-refractivity contribution is 0.444. The summed E-state index contributed by atoms with van der Waals surface area (Å²) in [5, 5.41) is 3.76. The van der Waals surface area contributed by atoms with E-state index in [0.29, 0.717) is 6.04 Å². The second kappa shape index (κ2) is 7.08. The molecule has 2 rings (SSSR count). The molecule has 0 radical (unpaired) electrons. The van der Waals surface area contributed by atoms with E-state index in [0.717, 1.165) is 5.92 Å². The molecule has 18 heavy (non-hydrogen) atoms. The van der Waals surface area contributed by atoms with Crippen molar-refractivity contribution >= 4 is 17.4 Å². The lowest BCUT2D eigenvalue weighted by Crippen LogP contribution is -2.18. The fraction of sp³-hybridized carbons (Fsp3) is 0.625. The molecule has 1 fully saturated rings. The largest absolute Gasteiger partial charge is 0.381 e. The normalized spacial score (nSPS) is 24.6. The highest BCUT2D eigenvalue weighted by Gasteiger charge is 2.18. The molecular weight excluding hydrogens is 238 g/mol. The number of hydrogen-bond donors (Lipinski definition) is 1. The Morgan fingerprint density at radius 2 is 2.00 bits per heavy atom. The van der Waals surface area contributed by atoms with Crippen LogP contribution in [0.15, 0.2) is 29.2 Å². The van der Waals surface area contributed by atoms with Crippen LogP contribution in [0, 0.1) is 5.92 Å². The van der Waals surface area contributed by atoms with Crippen molar-refractivity contribution in [2.24, 2.45) is 5.92 Å². The molecule has 0 aromatic heterocycles. The summed E-state index contributed by atoms with van der Waals surface area (Å²) in [7, 11) is 0. The van der Waals surface area contributed by atoms with Gasteiger partial charge in [-0.15, -0.1) is 11.8 Å². The Balaban J connectivity index is 1.96. The van der Waals surface area contributed by atoms with Crippen molar-refractivity contribution in [3.8, 4) is 0 Å². The van der Waals surface area contributed by atoms with Crippen LogP contribution in [0.25, 0.3) is 0 Å². The molecule has 0 heterocycles. The van der Waals surface area contributed by atoms with Gasteiger partial charge in [-0.25, -0.2) is 0 Å². The third kappa shape index (κ3) is 3.68. The minimum Gasteiger partial charge on any atom is -0.381 e. The Morgan fingerprint density at radius 1 is 1.17 bits per heavy atom. The SMILES string of the molecule is CCC1CCCC(Nc2ccccc2SC)CC1. The quantitative estimate of drug-likeness (QED) is 0.593. The summed E-state index contributed by atoms with van der Waals surface area (Å²) in [6.45, 7) is 2.33. The van der Waals surface area contributed by atoms with E-state index in [1.165, 1.54) is 49.1 Å². The van der Waals surface area contributed by atoms with Crippen LogP contribution in [0.4, 0.5) is 5.69 Å². The summed E-state index contributed by atoms with van der Waals surface area (Å²) in [6, 6.07) is 9.35. The minimum atomic E-state index is 0.676. The maximum absolute atomic E-state index is 3.76. The lowest BCUT2D eigenvalue weighted by atomic mass is 9.98. The molecule has 0 saturated heterocycles. The first-order chi connectivity index (χ1) is 8.83. The van der Waals surface area contributed by atoms with Gasteiger partial charge in [0.1, 0.15) is 0 Å². The molecule has 0 aliphatic heterocycles. The van der Waals surface area contributed by atoms with E-state index in [2.05, 4.69) is 42.8 Å². The predicted octanol–water partition coefficient (Wildman–Crippen LogP) is 5.18. The standard InChI is InChI=1S/C16H25NS/c1-3-13-7-6-8-14(12-11-13)17-15-9-4-5-10-16(15)18-2/h4-5,9-10,13-14,17H,3,6-8,11-12H2,1-2H3. The van der Waals surface area contributed by atoms with E-state index >= 15 is 0 Å². The van der Waals surface area contributed by atoms with Crippen LogP contribution >= 0.6 is 11.8 Å². The zero-order chi connectivity index (χ0) is 12.8. The van der Waals surface area contributed by atoms with Gasteiger partial charge in [-0.05, 0) is 43.6 Å². The molecule has 1 aliphatic carbocycles. The number of thioether (sulfide) groups is 1. The second-order valence-electron chi connectivity index (χ2n) is 5.32. The summed E-state index contributed by atoms with van der Waals surface area (Å²) in [6.07, 6.45) is 10.4. The molecule has 0 amide bonds. The number of hydrogen-bond acceptors (Lipinski definition) is 2. The Morgan fingerprint density at radius 3 is 2.78 bits per heavy atom. The first kappa shape index (κ1) is 13.8. The number of para-hydroxylation sites is 1. The minimum absolute atomic E-state index is 0.676. The Kier molecular flexibility index (Phi) is 5.43. The van der Waals surface area contributed by atoms with Crippen LogP contribution < -0.4 is 5.32 Å². The van der Waals surface area contributed by atoms with Gasteiger partial charge in [-0.1, -0.05) is 38.3 Å². The van der Waals surface area contributed by atoms with Crippen LogP contribution in [-0.2, 0) is 0 Å². The van der Waals surface area contributed by atoms with E-state index in [1.807, 2.05) is 11.8 Å². The van der Waals surface area contributed by atoms with Gasteiger partial charge < -0.3 is 5.32 Å². The maximum Gasteiger partial charge on any atom is 0.0480 e. The average molecular weight is 263 g/mol. The van der Waals surface area contributed by atoms with Crippen LogP contribution in [0.5, 0.6) is 0 Å². The molecule has 1 saturated carbocycles. The number of nitrogens with one attached hydrogen (secondary N) is 1. The summed E-state index contributed by atoms with van der Waals surface area (Å²) in [5.74, 6) is 0.965. The van der Waals surface area contributed by atoms with E-state index in [4.69, 9.17) is 0 Å². The predicted molar refractivity (Wildman–Crippen MR) is 82.5 cm³/mol. The highest BCUT2D eigenvalue weighted by Crippen LogP contribution is 2.30. The van der Waals surface area contributed by atoms with Gasteiger partial charge >= 0.3 is 0 Å². The molecule has 1 aromatic carbocycles. The summed E-state index contributed by atoms with van der Waals surface area (Å²) < 4.78 is 0. The molecule has 2 heteroatoms. The van der Waals surface area contributed by atoms with Crippen molar-refractivity contribution in [2.45, 2.75) is 56.4 Å². The van der Waals surface area contributed by atoms with Crippen molar-refractivity contribution in [3.05, 3.63) is 24.3 Å². The molecule has 1 aliphatic rings. The summed E-state index contributed by atoms with van der Waals surface area (Å²) >= 11 is 1.83. The molecule has 1 N–H and O–H groups in total. The molecule has 2 atom stereocenters. The zero-order valence-electron chi connectivity index (χ0n) is 11.6. The van der Waals surface area contributed by atoms with Crippen LogP contribution in [0.1, 0.15) is 45.4 Å². The average Bonchev–Trinajstić information content (AvgIpc) is 2.64. The summed E-state index contributed by atoms with van der Waals surface area (Å²) in [5.41, 5.74) is 1.32. The van der Waals surface area contributed by atoms with Gasteiger partial charge in [0.15, 0.2) is 0 Å². The molecular formula is C16H25NS. The Hall–Kier alpha value is -0.630. The molecule has 0 spiro atoms. The van der Waals surface area contributed by atoms with E-state index in [9.17, 15) is 0 Å². The van der Waals surface area contributed by atoms with Gasteiger partial charge in [0, 0.05) is 16.6 Å². The highest BCUT2D eigenvalue weighted by atomic mass is 32.2. The fourth-order valence-electron chi connectivity index (χ4n) is 2.91. The smallest absolute Gasteiger partial charge is 0.0480 e. The first-order valence-corrected chi connectivity index (χ1v) is 8.45. The van der Waals surface area contributed by atoms with Crippen molar-refractivity contribution < 1.29 is 0 Å². The van der Waals surface area contributed by atoms with Crippen molar-refractivity contribution in [2.75, 3.05) is 11.6 Å². The monoisotopic (exact) mass is 263 g/mol. The van der Waals surface area contributed by atoms with E-state index in [1.54, 1.807) is 0 Å². The number of benzene rings is 1. The van der Waals surface area contributed by atoms with Gasteiger partial charge in [-0.3, -0.25) is 0 Å². The van der Waals surface area contributed by atoms with Crippen LogP contribution in [0.3, 0.4) is 0 Å². The number of anilines is 1. The van der Waals surface area contributed by atoms with Crippen molar-refractivity contribution in [1.29, 1.82) is 0 Å². The van der Waals surface area contributed by atoms with Gasteiger partial charge in [-0.2, -0.15) is 0 Å². The third-order valence-electron chi connectivity index (χ3n) is 4.13. The van der Waals surface area contributed by atoms with Gasteiger partial charge in [0.2, 0.25) is 0 Å².